The van der Waals surface area contributed by atoms with Crippen molar-refractivity contribution in [2.75, 3.05) is 19.4 Å². The fourth-order valence-electron chi connectivity index (χ4n) is 6.80. The van der Waals surface area contributed by atoms with E-state index in [-0.39, 0.29) is 35.5 Å². The van der Waals surface area contributed by atoms with E-state index in [0.717, 1.165) is 0 Å². The van der Waals surface area contributed by atoms with Crippen LogP contribution in [0, 0.1) is 11.8 Å². The van der Waals surface area contributed by atoms with E-state index >= 15 is 0 Å². The molecule has 0 aliphatic heterocycles. The summed E-state index contributed by atoms with van der Waals surface area (Å²) in [5.74, 6) is -7.67. The Kier molecular flexibility index (Phi) is 6.67. The van der Waals surface area contributed by atoms with Gasteiger partial charge in [0.1, 0.15) is 22.8 Å². The summed E-state index contributed by atoms with van der Waals surface area (Å²) in [6, 6.07) is 10.1. The quantitative estimate of drug-likeness (QED) is 0.232. The van der Waals surface area contributed by atoms with Crippen LogP contribution in [0.4, 0.5) is 5.69 Å². The van der Waals surface area contributed by atoms with Crippen LogP contribution in [0.15, 0.2) is 70.1 Å². The van der Waals surface area contributed by atoms with Gasteiger partial charge in [0, 0.05) is 23.2 Å². The molecule has 2 amide bonds. The Morgan fingerprint density at radius 2 is 1.86 bits per heavy atom. The van der Waals surface area contributed by atoms with Crippen molar-refractivity contribution in [3.05, 3.63) is 82.5 Å². The summed E-state index contributed by atoms with van der Waals surface area (Å²) in [5.41, 5.74) is 3.66. The first-order valence-electron chi connectivity index (χ1n) is 13.7. The molecule has 3 aliphatic carbocycles. The first-order chi connectivity index (χ1) is 20.9. The lowest BCUT2D eigenvalue weighted by Crippen LogP contribution is -2.65. The number of benzene rings is 2. The number of amides is 2. The van der Waals surface area contributed by atoms with E-state index in [1.165, 1.54) is 37.3 Å². The number of aromatic hydroxyl groups is 1. The number of carbonyl (C=O) groups excluding carboxylic acids is 4. The Morgan fingerprint density at radius 1 is 1.11 bits per heavy atom. The number of rotatable bonds is 5. The molecule has 0 saturated heterocycles. The standard InChI is InChI=1S/C31H28N4O9/c1-35(2)24-18-12-14-11-17-16(13-4-3-5-15(10-13)34-30(42)20-8-9-33-44-20)6-7-19(36)22(17)25(37)21(14)27(39)31(18,43)28(40)23(26(24)38)29(32)41/h3-10,14,18,24,36-37,40,43H,11-12H2,1-2H3,(H2,32,41)(H,34,42)/t14-,18-,24-,31-/m0/s1. The van der Waals surface area contributed by atoms with Gasteiger partial charge in [-0.1, -0.05) is 23.4 Å². The number of phenols is 1. The molecular formula is C31H28N4O9. The highest BCUT2D eigenvalue weighted by Crippen LogP contribution is 2.53. The molecule has 44 heavy (non-hydrogen) atoms. The van der Waals surface area contributed by atoms with Gasteiger partial charge in [-0.3, -0.25) is 24.1 Å². The first kappa shape index (κ1) is 28.8. The van der Waals surface area contributed by atoms with Crippen molar-refractivity contribution < 1.29 is 44.1 Å². The summed E-state index contributed by atoms with van der Waals surface area (Å²) < 4.78 is 4.91. The van der Waals surface area contributed by atoms with Crippen molar-refractivity contribution in [2.45, 2.75) is 24.5 Å². The normalized spacial score (nSPS) is 24.6. The highest BCUT2D eigenvalue weighted by molar-refractivity contribution is 6.24. The van der Waals surface area contributed by atoms with E-state index < -0.39 is 64.0 Å². The summed E-state index contributed by atoms with van der Waals surface area (Å²) in [6.07, 6.45) is 1.43. The predicted octanol–water partition coefficient (Wildman–Crippen LogP) is 1.87. The fraction of sp³-hybridized carbons (Fsp3) is 0.258. The van der Waals surface area contributed by atoms with Gasteiger partial charge in [-0.25, -0.2) is 0 Å². The Morgan fingerprint density at radius 3 is 2.52 bits per heavy atom. The minimum absolute atomic E-state index is 0.0167. The third-order valence-corrected chi connectivity index (χ3v) is 8.70. The van der Waals surface area contributed by atoms with Crippen LogP contribution < -0.4 is 11.1 Å². The third kappa shape index (κ3) is 4.12. The number of aliphatic hydroxyl groups excluding tert-OH is 2. The van der Waals surface area contributed by atoms with Gasteiger partial charge in [0.25, 0.3) is 11.8 Å². The number of fused-ring (bicyclic) bond motifs is 3. The molecular weight excluding hydrogens is 572 g/mol. The molecule has 0 spiro atoms. The number of anilines is 1. The molecule has 0 bridgehead atoms. The average molecular weight is 601 g/mol. The molecule has 0 radical (unpaired) electrons. The van der Waals surface area contributed by atoms with Gasteiger partial charge in [0.15, 0.2) is 11.4 Å². The average Bonchev–Trinajstić information content (AvgIpc) is 3.50. The molecule has 1 aromatic heterocycles. The molecule has 226 valence electrons. The van der Waals surface area contributed by atoms with Crippen molar-refractivity contribution in [1.82, 2.24) is 10.1 Å². The van der Waals surface area contributed by atoms with E-state index in [9.17, 15) is 39.6 Å². The molecule has 0 unspecified atom stereocenters. The number of hydrogen-bond acceptors (Lipinski definition) is 11. The number of carbonyl (C=O) groups is 4. The number of aromatic nitrogens is 1. The minimum Gasteiger partial charge on any atom is -0.508 e. The number of nitrogens with two attached hydrogens (primary N) is 1. The van der Waals surface area contributed by atoms with E-state index in [2.05, 4.69) is 10.5 Å². The highest BCUT2D eigenvalue weighted by atomic mass is 16.5. The van der Waals surface area contributed by atoms with Crippen molar-refractivity contribution in [1.29, 1.82) is 0 Å². The SMILES string of the molecule is CN(C)[C@@H]1C(=O)C(C(N)=O)=C(O)[C@@]2(O)C(=O)C3=C(O)c4c(O)ccc(-c5cccc(NC(=O)c6ccno6)c5)c4C[C@H]3C[C@@H]12. The molecule has 4 atom stereocenters. The summed E-state index contributed by atoms with van der Waals surface area (Å²) in [5, 5.41) is 51.4. The second kappa shape index (κ2) is 10.2. The van der Waals surface area contributed by atoms with E-state index in [1.54, 1.807) is 30.3 Å². The monoisotopic (exact) mass is 600 g/mol. The molecule has 7 N–H and O–H groups in total. The number of hydrogen-bond donors (Lipinski definition) is 6. The zero-order valence-corrected chi connectivity index (χ0v) is 23.6. The summed E-state index contributed by atoms with van der Waals surface area (Å²) in [6.45, 7) is 0. The molecule has 13 nitrogen and oxygen atoms in total. The number of primary amides is 1. The summed E-state index contributed by atoms with van der Waals surface area (Å²) in [4.78, 5) is 53.4. The van der Waals surface area contributed by atoms with Gasteiger partial charge in [-0.05, 0) is 67.7 Å². The van der Waals surface area contributed by atoms with Crippen LogP contribution in [0.3, 0.4) is 0 Å². The van der Waals surface area contributed by atoms with Crippen LogP contribution in [0.25, 0.3) is 16.9 Å². The van der Waals surface area contributed by atoms with E-state index in [4.69, 9.17) is 10.3 Å². The Balaban J connectivity index is 1.46. The van der Waals surface area contributed by atoms with Crippen molar-refractivity contribution in [2.24, 2.45) is 17.6 Å². The van der Waals surface area contributed by atoms with Gasteiger partial charge in [-0.15, -0.1) is 0 Å². The largest absolute Gasteiger partial charge is 0.508 e. The van der Waals surface area contributed by atoms with Crippen LogP contribution in [0.2, 0.25) is 0 Å². The molecule has 13 heteroatoms. The van der Waals surface area contributed by atoms with Crippen LogP contribution in [0.5, 0.6) is 5.75 Å². The zero-order valence-electron chi connectivity index (χ0n) is 23.6. The second-order valence-electron chi connectivity index (χ2n) is 11.4. The number of phenolic OH excluding ortho intramolecular Hbond substituents is 1. The number of likely N-dealkylation sites (N-methyl/N-ethyl adjacent to an activating group) is 1. The Hall–Kier alpha value is -5.27. The fourth-order valence-corrected chi connectivity index (χ4v) is 6.80. The smallest absolute Gasteiger partial charge is 0.294 e. The first-order valence-corrected chi connectivity index (χ1v) is 13.7. The van der Waals surface area contributed by atoms with E-state index in [1.807, 2.05) is 0 Å². The van der Waals surface area contributed by atoms with Gasteiger partial charge >= 0.3 is 0 Å². The molecule has 6 rings (SSSR count). The maximum atomic E-state index is 14.0. The number of ketones is 2. The lowest BCUT2D eigenvalue weighted by Gasteiger charge is -2.50. The minimum atomic E-state index is -2.71. The van der Waals surface area contributed by atoms with Crippen LogP contribution in [0.1, 0.15) is 28.1 Å². The van der Waals surface area contributed by atoms with Crippen LogP contribution >= 0.6 is 0 Å². The van der Waals surface area contributed by atoms with Gasteiger partial charge in [0.2, 0.25) is 11.5 Å². The second-order valence-corrected chi connectivity index (χ2v) is 11.4. The number of nitrogens with one attached hydrogen (secondary N) is 1. The summed E-state index contributed by atoms with van der Waals surface area (Å²) >= 11 is 0. The number of aliphatic hydroxyl groups is 3. The molecule has 3 aromatic rings. The van der Waals surface area contributed by atoms with Crippen LogP contribution in [-0.2, 0) is 20.8 Å². The number of nitrogens with zero attached hydrogens (tertiary/aromatic N) is 2. The summed E-state index contributed by atoms with van der Waals surface area (Å²) in [7, 11) is 3.08. The Bertz CT molecular complexity index is 1820. The topological polar surface area (TPSA) is 217 Å². The predicted molar refractivity (Wildman–Crippen MR) is 154 cm³/mol. The van der Waals surface area contributed by atoms with E-state index in [0.29, 0.717) is 22.4 Å². The molecule has 1 heterocycles. The lowest BCUT2D eigenvalue weighted by molar-refractivity contribution is -0.153. The molecule has 1 fully saturated rings. The molecule has 1 saturated carbocycles. The van der Waals surface area contributed by atoms with Crippen LogP contribution in [-0.4, -0.2) is 79.6 Å². The van der Waals surface area contributed by atoms with Crippen molar-refractivity contribution >= 4 is 34.8 Å². The molecule has 2 aromatic carbocycles. The molecule has 3 aliphatic rings. The Labute approximate surface area is 249 Å². The van der Waals surface area contributed by atoms with Crippen molar-refractivity contribution in [3.8, 4) is 16.9 Å². The van der Waals surface area contributed by atoms with Crippen molar-refractivity contribution in [3.63, 3.8) is 0 Å². The van der Waals surface area contributed by atoms with Gasteiger partial charge in [-0.2, -0.15) is 0 Å². The van der Waals surface area contributed by atoms with Gasteiger partial charge < -0.3 is 36.0 Å². The lowest BCUT2D eigenvalue weighted by atomic mass is 9.57. The maximum Gasteiger partial charge on any atom is 0.294 e. The third-order valence-electron chi connectivity index (χ3n) is 8.70. The number of Topliss-reactive ketones (excluding diaryl/α,β-unsaturated/α-hetero) is 2. The zero-order chi connectivity index (χ0) is 31.7. The maximum absolute atomic E-state index is 14.0. The highest BCUT2D eigenvalue weighted by Gasteiger charge is 2.64. The van der Waals surface area contributed by atoms with Gasteiger partial charge in [0.05, 0.1) is 17.8 Å².